The number of amides is 2. The molecule has 5 heteroatoms. The first kappa shape index (κ1) is 15.0. The molecule has 1 atom stereocenters. The topological polar surface area (TPSA) is 58.6 Å². The van der Waals surface area contributed by atoms with E-state index in [1.54, 1.807) is 0 Å². The standard InChI is InChI=1S/C17H22N2O3/c20-16(19-11-9-13-5-1-2-6-14(13)19)8-3-10-18-17(21)15-7-4-12-22-15/h1-2,5-6,15H,3-4,7-12H2,(H,18,21). The third-order valence-corrected chi connectivity index (χ3v) is 4.28. The molecule has 1 aromatic carbocycles. The summed E-state index contributed by atoms with van der Waals surface area (Å²) in [4.78, 5) is 25.9. The summed E-state index contributed by atoms with van der Waals surface area (Å²) < 4.78 is 5.33. The number of nitrogens with zero attached hydrogens (tertiary/aromatic N) is 1. The molecule has 2 amide bonds. The Labute approximate surface area is 130 Å². The fourth-order valence-electron chi connectivity index (χ4n) is 3.08. The third-order valence-electron chi connectivity index (χ3n) is 4.28. The Balaban J connectivity index is 1.41. The van der Waals surface area contributed by atoms with E-state index in [-0.39, 0.29) is 17.9 Å². The Morgan fingerprint density at radius 1 is 1.32 bits per heavy atom. The second-order valence-corrected chi connectivity index (χ2v) is 5.82. The lowest BCUT2D eigenvalue weighted by Gasteiger charge is -2.17. The van der Waals surface area contributed by atoms with Gasteiger partial charge in [0.2, 0.25) is 11.8 Å². The van der Waals surface area contributed by atoms with Gasteiger partial charge in [-0.15, -0.1) is 0 Å². The molecule has 2 heterocycles. The third kappa shape index (κ3) is 3.30. The quantitative estimate of drug-likeness (QED) is 0.841. The second kappa shape index (κ2) is 6.92. The van der Waals surface area contributed by atoms with Gasteiger partial charge in [0.25, 0.3) is 0 Å². The number of anilines is 1. The minimum atomic E-state index is -0.291. The maximum atomic E-state index is 12.3. The van der Waals surface area contributed by atoms with Gasteiger partial charge in [0, 0.05) is 31.8 Å². The van der Waals surface area contributed by atoms with Crippen LogP contribution >= 0.6 is 0 Å². The molecule has 1 saturated heterocycles. The van der Waals surface area contributed by atoms with Crippen molar-refractivity contribution in [1.82, 2.24) is 5.32 Å². The molecule has 1 fully saturated rings. The van der Waals surface area contributed by atoms with Crippen molar-refractivity contribution in [2.24, 2.45) is 0 Å². The number of hydrogen-bond donors (Lipinski definition) is 1. The fraction of sp³-hybridized carbons (Fsp3) is 0.529. The fourth-order valence-corrected chi connectivity index (χ4v) is 3.08. The van der Waals surface area contributed by atoms with E-state index in [4.69, 9.17) is 4.74 Å². The predicted octanol–water partition coefficient (Wildman–Crippen LogP) is 1.65. The monoisotopic (exact) mass is 302 g/mol. The van der Waals surface area contributed by atoms with Crippen LogP contribution in [0.1, 0.15) is 31.2 Å². The van der Waals surface area contributed by atoms with Crippen LogP contribution in [0.5, 0.6) is 0 Å². The maximum absolute atomic E-state index is 12.3. The summed E-state index contributed by atoms with van der Waals surface area (Å²) in [5.41, 5.74) is 2.28. The molecule has 0 aromatic heterocycles. The highest BCUT2D eigenvalue weighted by Crippen LogP contribution is 2.27. The summed E-state index contributed by atoms with van der Waals surface area (Å²) in [5.74, 6) is 0.0905. The van der Waals surface area contributed by atoms with Gasteiger partial charge in [-0.2, -0.15) is 0 Å². The van der Waals surface area contributed by atoms with Gasteiger partial charge < -0.3 is 15.0 Å². The van der Waals surface area contributed by atoms with Crippen molar-refractivity contribution in [1.29, 1.82) is 0 Å². The molecule has 1 aromatic rings. The smallest absolute Gasteiger partial charge is 0.249 e. The number of benzene rings is 1. The van der Waals surface area contributed by atoms with E-state index < -0.39 is 0 Å². The lowest BCUT2D eigenvalue weighted by atomic mass is 10.2. The van der Waals surface area contributed by atoms with Crippen molar-refractivity contribution in [2.75, 3.05) is 24.6 Å². The predicted molar refractivity (Wildman–Crippen MR) is 83.7 cm³/mol. The maximum Gasteiger partial charge on any atom is 0.249 e. The van der Waals surface area contributed by atoms with Crippen LogP contribution in [-0.2, 0) is 20.7 Å². The first-order chi connectivity index (χ1) is 10.8. The van der Waals surface area contributed by atoms with Crippen LogP contribution in [0.25, 0.3) is 0 Å². The van der Waals surface area contributed by atoms with Crippen molar-refractivity contribution in [3.05, 3.63) is 29.8 Å². The summed E-state index contributed by atoms with van der Waals surface area (Å²) in [7, 11) is 0. The van der Waals surface area contributed by atoms with Crippen LogP contribution in [0.3, 0.4) is 0 Å². The highest BCUT2D eigenvalue weighted by atomic mass is 16.5. The Kier molecular flexibility index (Phi) is 4.73. The molecule has 2 aliphatic heterocycles. The van der Waals surface area contributed by atoms with Crippen LogP contribution in [0.15, 0.2) is 24.3 Å². The Hall–Kier alpha value is -1.88. The summed E-state index contributed by atoms with van der Waals surface area (Å²) >= 11 is 0. The van der Waals surface area contributed by atoms with Gasteiger partial charge in [0.1, 0.15) is 6.10 Å². The van der Waals surface area contributed by atoms with E-state index in [0.717, 1.165) is 31.5 Å². The van der Waals surface area contributed by atoms with Gasteiger partial charge in [-0.1, -0.05) is 18.2 Å². The van der Waals surface area contributed by atoms with Gasteiger partial charge in [-0.05, 0) is 37.3 Å². The van der Waals surface area contributed by atoms with Crippen molar-refractivity contribution in [3.8, 4) is 0 Å². The van der Waals surface area contributed by atoms with E-state index in [2.05, 4.69) is 11.4 Å². The molecule has 22 heavy (non-hydrogen) atoms. The Bertz CT molecular complexity index is 553. The Morgan fingerprint density at radius 2 is 2.18 bits per heavy atom. The molecule has 5 nitrogen and oxygen atoms in total. The first-order valence-electron chi connectivity index (χ1n) is 8.03. The lowest BCUT2D eigenvalue weighted by molar-refractivity contribution is -0.130. The van der Waals surface area contributed by atoms with E-state index in [9.17, 15) is 9.59 Å². The molecule has 1 N–H and O–H groups in total. The molecule has 0 bridgehead atoms. The molecule has 0 spiro atoms. The number of nitrogens with one attached hydrogen (secondary N) is 1. The number of hydrogen-bond acceptors (Lipinski definition) is 3. The van der Waals surface area contributed by atoms with Gasteiger partial charge >= 0.3 is 0 Å². The zero-order chi connectivity index (χ0) is 15.4. The van der Waals surface area contributed by atoms with E-state index in [0.29, 0.717) is 26.0 Å². The van der Waals surface area contributed by atoms with Crippen molar-refractivity contribution in [3.63, 3.8) is 0 Å². The van der Waals surface area contributed by atoms with Gasteiger partial charge in [-0.3, -0.25) is 9.59 Å². The molecule has 2 aliphatic rings. The highest BCUT2D eigenvalue weighted by molar-refractivity contribution is 5.95. The summed E-state index contributed by atoms with van der Waals surface area (Å²) in [6, 6.07) is 8.05. The van der Waals surface area contributed by atoms with Crippen LogP contribution in [0, 0.1) is 0 Å². The molecule has 1 unspecified atom stereocenters. The molecule has 0 radical (unpaired) electrons. The molecule has 0 aliphatic carbocycles. The largest absolute Gasteiger partial charge is 0.368 e. The van der Waals surface area contributed by atoms with Gasteiger partial charge in [0.15, 0.2) is 0 Å². The van der Waals surface area contributed by atoms with E-state index in [1.807, 2.05) is 23.1 Å². The average molecular weight is 302 g/mol. The van der Waals surface area contributed by atoms with E-state index in [1.165, 1.54) is 5.56 Å². The summed E-state index contributed by atoms with van der Waals surface area (Å²) in [6.07, 6.45) is 3.51. The SMILES string of the molecule is O=C(NCCCC(=O)N1CCc2ccccc21)C1CCCO1. The zero-order valence-electron chi connectivity index (χ0n) is 12.7. The highest BCUT2D eigenvalue weighted by Gasteiger charge is 2.24. The lowest BCUT2D eigenvalue weighted by Crippen LogP contribution is -2.35. The Morgan fingerprint density at radius 3 is 3.00 bits per heavy atom. The van der Waals surface area contributed by atoms with Crippen LogP contribution in [0.4, 0.5) is 5.69 Å². The van der Waals surface area contributed by atoms with E-state index >= 15 is 0 Å². The van der Waals surface area contributed by atoms with Gasteiger partial charge in [0.05, 0.1) is 0 Å². The molecule has 3 rings (SSSR count). The van der Waals surface area contributed by atoms with Crippen molar-refractivity contribution in [2.45, 2.75) is 38.2 Å². The number of carbonyl (C=O) groups excluding carboxylic acids is 2. The first-order valence-corrected chi connectivity index (χ1v) is 8.03. The van der Waals surface area contributed by atoms with Crippen LogP contribution in [-0.4, -0.2) is 37.6 Å². The normalized spacial score (nSPS) is 20.0. The summed E-state index contributed by atoms with van der Waals surface area (Å²) in [6.45, 7) is 1.96. The molecule has 118 valence electrons. The number of para-hydroxylation sites is 1. The van der Waals surface area contributed by atoms with Crippen LogP contribution < -0.4 is 10.2 Å². The number of rotatable bonds is 5. The molecule has 0 saturated carbocycles. The number of ether oxygens (including phenoxy) is 1. The molecular weight excluding hydrogens is 280 g/mol. The second-order valence-electron chi connectivity index (χ2n) is 5.82. The average Bonchev–Trinajstić information content (AvgIpc) is 3.20. The molecular formula is C17H22N2O3. The van der Waals surface area contributed by atoms with Crippen molar-refractivity contribution >= 4 is 17.5 Å². The number of carbonyl (C=O) groups is 2. The zero-order valence-corrected chi connectivity index (χ0v) is 12.7. The van der Waals surface area contributed by atoms with Crippen LogP contribution in [0.2, 0.25) is 0 Å². The van der Waals surface area contributed by atoms with Crippen molar-refractivity contribution < 1.29 is 14.3 Å². The minimum Gasteiger partial charge on any atom is -0.368 e. The summed E-state index contributed by atoms with van der Waals surface area (Å²) in [5, 5.41) is 2.86. The number of fused-ring (bicyclic) bond motifs is 1. The van der Waals surface area contributed by atoms with Gasteiger partial charge in [-0.25, -0.2) is 0 Å². The minimum absolute atomic E-state index is 0.0449.